The van der Waals surface area contributed by atoms with E-state index < -0.39 is 0 Å². The van der Waals surface area contributed by atoms with Gasteiger partial charge in [0.25, 0.3) is 0 Å². The van der Waals surface area contributed by atoms with E-state index >= 15 is 0 Å². The topological polar surface area (TPSA) is 32.6 Å². The van der Waals surface area contributed by atoms with Crippen LogP contribution in [0, 0.1) is 0 Å². The Bertz CT molecular complexity index is 779. The van der Waals surface area contributed by atoms with Crippen LogP contribution in [0.4, 0.5) is 5.69 Å². The van der Waals surface area contributed by atoms with Gasteiger partial charge in [0.1, 0.15) is 5.75 Å². The smallest absolute Gasteiger partial charge is 0.124 e. The Hall–Kier alpha value is -2.13. The first-order chi connectivity index (χ1) is 9.74. The van der Waals surface area contributed by atoms with Crippen molar-refractivity contribution in [2.24, 2.45) is 4.99 Å². The highest BCUT2D eigenvalue weighted by Crippen LogP contribution is 2.26. The van der Waals surface area contributed by atoms with Gasteiger partial charge in [0, 0.05) is 16.3 Å². The zero-order valence-electron chi connectivity index (χ0n) is 10.6. The molecule has 0 saturated heterocycles. The lowest BCUT2D eigenvalue weighted by atomic mass is 10.0. The van der Waals surface area contributed by atoms with Crippen molar-refractivity contribution in [2.75, 3.05) is 0 Å². The summed E-state index contributed by atoms with van der Waals surface area (Å²) < 4.78 is 1.02. The number of hydrogen-bond donors (Lipinski definition) is 1. The first-order valence-corrected chi connectivity index (χ1v) is 7.04. The summed E-state index contributed by atoms with van der Waals surface area (Å²) >= 11 is 3.39. The molecule has 0 amide bonds. The SMILES string of the molecule is Oc1ccc2ccccc2c1/C=N/c1ccc(Br)cc1. The molecule has 0 aliphatic heterocycles. The van der Waals surface area contributed by atoms with Gasteiger partial charge in [0.05, 0.1) is 5.69 Å². The molecule has 0 spiro atoms. The Balaban J connectivity index is 2.06. The van der Waals surface area contributed by atoms with Crippen LogP contribution in [0.2, 0.25) is 0 Å². The normalized spacial score (nSPS) is 11.2. The molecule has 0 saturated carbocycles. The molecule has 3 heteroatoms. The molecule has 0 bridgehead atoms. The minimum atomic E-state index is 0.240. The van der Waals surface area contributed by atoms with Gasteiger partial charge in [-0.15, -0.1) is 0 Å². The van der Waals surface area contributed by atoms with Gasteiger partial charge in [0.15, 0.2) is 0 Å². The van der Waals surface area contributed by atoms with E-state index in [1.165, 1.54) is 0 Å². The number of nitrogens with zero attached hydrogens (tertiary/aromatic N) is 1. The Morgan fingerprint density at radius 2 is 1.65 bits per heavy atom. The van der Waals surface area contributed by atoms with Crippen molar-refractivity contribution >= 4 is 38.6 Å². The first kappa shape index (κ1) is 12.9. The second kappa shape index (κ2) is 5.47. The largest absolute Gasteiger partial charge is 0.507 e. The van der Waals surface area contributed by atoms with Crippen LogP contribution < -0.4 is 0 Å². The third kappa shape index (κ3) is 2.58. The average Bonchev–Trinajstić information content (AvgIpc) is 2.48. The van der Waals surface area contributed by atoms with Crippen LogP contribution in [0.1, 0.15) is 5.56 Å². The van der Waals surface area contributed by atoms with Crippen LogP contribution in [0.3, 0.4) is 0 Å². The van der Waals surface area contributed by atoms with Crippen LogP contribution in [0.15, 0.2) is 70.1 Å². The molecule has 0 atom stereocenters. The molecule has 0 aromatic heterocycles. The molecule has 3 rings (SSSR count). The molecule has 3 aromatic carbocycles. The molecule has 0 aliphatic carbocycles. The van der Waals surface area contributed by atoms with Gasteiger partial charge < -0.3 is 5.11 Å². The van der Waals surface area contributed by atoms with E-state index in [1.54, 1.807) is 12.3 Å². The number of phenolic OH excluding ortho intramolecular Hbond substituents is 1. The number of aromatic hydroxyl groups is 1. The van der Waals surface area contributed by atoms with E-state index in [0.717, 1.165) is 26.5 Å². The summed E-state index contributed by atoms with van der Waals surface area (Å²) in [7, 11) is 0. The third-order valence-corrected chi connectivity index (χ3v) is 3.65. The maximum Gasteiger partial charge on any atom is 0.124 e. The molecular formula is C17H12BrNO. The molecule has 0 aliphatic rings. The second-order valence-corrected chi connectivity index (χ2v) is 5.37. The van der Waals surface area contributed by atoms with Gasteiger partial charge in [-0.25, -0.2) is 0 Å². The number of rotatable bonds is 2. The zero-order valence-corrected chi connectivity index (χ0v) is 12.2. The van der Waals surface area contributed by atoms with Gasteiger partial charge in [-0.3, -0.25) is 4.99 Å². The Morgan fingerprint density at radius 1 is 0.900 bits per heavy atom. The molecule has 98 valence electrons. The lowest BCUT2D eigenvalue weighted by molar-refractivity contribution is 0.475. The molecule has 0 heterocycles. The van der Waals surface area contributed by atoms with Crippen molar-refractivity contribution in [1.29, 1.82) is 0 Å². The van der Waals surface area contributed by atoms with Crippen LogP contribution >= 0.6 is 15.9 Å². The van der Waals surface area contributed by atoms with Crippen LogP contribution in [-0.4, -0.2) is 11.3 Å². The number of halogens is 1. The Morgan fingerprint density at radius 3 is 2.45 bits per heavy atom. The van der Waals surface area contributed by atoms with Crippen molar-refractivity contribution in [2.45, 2.75) is 0 Å². The highest BCUT2D eigenvalue weighted by Gasteiger charge is 2.03. The van der Waals surface area contributed by atoms with Crippen molar-refractivity contribution in [1.82, 2.24) is 0 Å². The summed E-state index contributed by atoms with van der Waals surface area (Å²) in [4.78, 5) is 4.42. The molecule has 1 N–H and O–H groups in total. The van der Waals surface area contributed by atoms with Gasteiger partial charge >= 0.3 is 0 Å². The summed E-state index contributed by atoms with van der Waals surface area (Å²) in [6, 6.07) is 19.3. The summed E-state index contributed by atoms with van der Waals surface area (Å²) in [6.45, 7) is 0. The van der Waals surface area contributed by atoms with E-state index in [0.29, 0.717) is 0 Å². The lowest BCUT2D eigenvalue weighted by Crippen LogP contribution is -1.85. The third-order valence-electron chi connectivity index (χ3n) is 3.12. The lowest BCUT2D eigenvalue weighted by Gasteiger charge is -2.04. The van der Waals surface area contributed by atoms with Crippen molar-refractivity contribution in [3.05, 3.63) is 70.7 Å². The number of benzene rings is 3. The fraction of sp³-hybridized carbons (Fsp3) is 0. The zero-order chi connectivity index (χ0) is 13.9. The van der Waals surface area contributed by atoms with E-state index in [1.807, 2.05) is 54.6 Å². The van der Waals surface area contributed by atoms with Gasteiger partial charge in [0.2, 0.25) is 0 Å². The van der Waals surface area contributed by atoms with E-state index in [9.17, 15) is 5.11 Å². The van der Waals surface area contributed by atoms with Crippen molar-refractivity contribution < 1.29 is 5.11 Å². The van der Waals surface area contributed by atoms with Gasteiger partial charge in [-0.2, -0.15) is 0 Å². The predicted octanol–water partition coefficient (Wildman–Crippen LogP) is 5.06. The Labute approximate surface area is 125 Å². The maximum absolute atomic E-state index is 10.0. The Kier molecular flexibility index (Phi) is 3.52. The van der Waals surface area contributed by atoms with Crippen LogP contribution in [0.5, 0.6) is 5.75 Å². The summed E-state index contributed by atoms with van der Waals surface area (Å²) in [5.74, 6) is 0.240. The van der Waals surface area contributed by atoms with E-state index in [2.05, 4.69) is 20.9 Å². The number of hydrogen-bond acceptors (Lipinski definition) is 2. The van der Waals surface area contributed by atoms with E-state index in [4.69, 9.17) is 0 Å². The standard InChI is InChI=1S/C17H12BrNO/c18-13-6-8-14(9-7-13)19-11-16-15-4-2-1-3-12(15)5-10-17(16)20/h1-11,20H/b19-11+. The monoisotopic (exact) mass is 325 g/mol. The minimum Gasteiger partial charge on any atom is -0.507 e. The number of fused-ring (bicyclic) bond motifs is 1. The van der Waals surface area contributed by atoms with E-state index in [-0.39, 0.29) is 5.75 Å². The summed E-state index contributed by atoms with van der Waals surface area (Å²) in [6.07, 6.45) is 1.71. The second-order valence-electron chi connectivity index (χ2n) is 4.45. The molecule has 3 aromatic rings. The molecule has 0 unspecified atom stereocenters. The molecule has 2 nitrogen and oxygen atoms in total. The molecule has 0 fully saturated rings. The first-order valence-electron chi connectivity index (χ1n) is 6.24. The van der Waals surface area contributed by atoms with Crippen LogP contribution in [0.25, 0.3) is 10.8 Å². The minimum absolute atomic E-state index is 0.240. The molecule has 0 radical (unpaired) electrons. The maximum atomic E-state index is 10.0. The predicted molar refractivity (Wildman–Crippen MR) is 87.0 cm³/mol. The quantitative estimate of drug-likeness (QED) is 0.656. The molecular weight excluding hydrogens is 314 g/mol. The highest BCUT2D eigenvalue weighted by atomic mass is 79.9. The number of phenols is 1. The van der Waals surface area contributed by atoms with Crippen molar-refractivity contribution in [3.8, 4) is 5.75 Å². The fourth-order valence-corrected chi connectivity index (χ4v) is 2.35. The van der Waals surface area contributed by atoms with Crippen molar-refractivity contribution in [3.63, 3.8) is 0 Å². The summed E-state index contributed by atoms with van der Waals surface area (Å²) in [5, 5.41) is 12.1. The molecule has 20 heavy (non-hydrogen) atoms. The average molecular weight is 326 g/mol. The fourth-order valence-electron chi connectivity index (χ4n) is 2.09. The number of aliphatic imine (C=N–C) groups is 1. The van der Waals surface area contributed by atoms with Crippen LogP contribution in [-0.2, 0) is 0 Å². The summed E-state index contributed by atoms with van der Waals surface area (Å²) in [5.41, 5.74) is 1.59. The highest BCUT2D eigenvalue weighted by molar-refractivity contribution is 9.10. The van der Waals surface area contributed by atoms with Gasteiger partial charge in [-0.1, -0.05) is 46.3 Å². The van der Waals surface area contributed by atoms with Gasteiger partial charge in [-0.05, 0) is 41.1 Å².